The quantitative estimate of drug-likeness (QED) is 0.877. The Morgan fingerprint density at radius 1 is 1.36 bits per heavy atom. The van der Waals surface area contributed by atoms with Crippen LogP contribution in [0.25, 0.3) is 0 Å². The number of carboxylic acid groups (broad SMARTS) is 1. The third-order valence-corrected chi connectivity index (χ3v) is 6.29. The minimum Gasteiger partial charge on any atom is -0.481 e. The summed E-state index contributed by atoms with van der Waals surface area (Å²) in [6.07, 6.45) is 6.33. The number of nitrogens with zero attached hydrogens (tertiary/aromatic N) is 2. The van der Waals surface area contributed by atoms with Crippen LogP contribution in [0.1, 0.15) is 24.8 Å². The van der Waals surface area contributed by atoms with Gasteiger partial charge in [-0.1, -0.05) is 0 Å². The van der Waals surface area contributed by atoms with Gasteiger partial charge in [0, 0.05) is 50.8 Å². The highest BCUT2D eigenvalue weighted by atomic mass is 16.5. The number of ether oxygens (including phenoxy) is 1. The summed E-state index contributed by atoms with van der Waals surface area (Å²) in [6.45, 7) is 6.98. The zero-order valence-electron chi connectivity index (χ0n) is 14.7. The van der Waals surface area contributed by atoms with Gasteiger partial charge in [0.05, 0.1) is 24.5 Å². The fraction of sp³-hybridized carbons (Fsp3) is 0.737. The number of likely N-dealkylation sites (tertiary alicyclic amines) is 2. The molecular weight excluding hydrogens is 320 g/mol. The second kappa shape index (κ2) is 7.09. The molecule has 0 aromatic carbocycles. The van der Waals surface area contributed by atoms with Crippen LogP contribution in [0, 0.1) is 17.3 Å². The molecule has 0 amide bonds. The lowest BCUT2D eigenvalue weighted by molar-refractivity contribution is -0.151. The van der Waals surface area contributed by atoms with E-state index in [1.54, 1.807) is 12.5 Å². The van der Waals surface area contributed by atoms with E-state index in [0.29, 0.717) is 12.5 Å². The molecule has 25 heavy (non-hydrogen) atoms. The molecule has 3 saturated heterocycles. The van der Waals surface area contributed by atoms with Crippen LogP contribution in [0.3, 0.4) is 0 Å². The summed E-state index contributed by atoms with van der Waals surface area (Å²) in [5, 5.41) is 10.1. The predicted octanol–water partition coefficient (Wildman–Crippen LogP) is 1.91. The number of hydrogen-bond acceptors (Lipinski definition) is 5. The number of carbonyl (C=O) groups is 1. The van der Waals surface area contributed by atoms with Gasteiger partial charge in [0.2, 0.25) is 0 Å². The largest absolute Gasteiger partial charge is 0.481 e. The molecule has 6 heteroatoms. The maximum Gasteiger partial charge on any atom is 0.311 e. The highest BCUT2D eigenvalue weighted by Crippen LogP contribution is 2.43. The van der Waals surface area contributed by atoms with Gasteiger partial charge in [0.15, 0.2) is 0 Å². The molecule has 1 N–H and O–H groups in total. The van der Waals surface area contributed by atoms with Crippen molar-refractivity contribution in [3.8, 4) is 0 Å². The molecule has 0 spiro atoms. The van der Waals surface area contributed by atoms with Crippen LogP contribution >= 0.6 is 0 Å². The molecule has 3 atom stereocenters. The third kappa shape index (κ3) is 3.48. The maximum absolute atomic E-state index is 12.2. The normalized spacial score (nSPS) is 34.1. The van der Waals surface area contributed by atoms with Gasteiger partial charge in [-0.2, -0.15) is 0 Å². The van der Waals surface area contributed by atoms with Crippen molar-refractivity contribution in [1.82, 2.24) is 9.80 Å². The first-order valence-corrected chi connectivity index (χ1v) is 9.43. The summed E-state index contributed by atoms with van der Waals surface area (Å²) >= 11 is 0. The van der Waals surface area contributed by atoms with E-state index in [-0.39, 0.29) is 5.92 Å². The van der Waals surface area contributed by atoms with Crippen LogP contribution in [0.2, 0.25) is 0 Å². The van der Waals surface area contributed by atoms with Crippen molar-refractivity contribution in [2.75, 3.05) is 45.9 Å². The minimum atomic E-state index is -0.613. The van der Waals surface area contributed by atoms with Crippen LogP contribution in [-0.2, 0) is 16.1 Å². The monoisotopic (exact) mass is 348 g/mol. The molecule has 138 valence electrons. The van der Waals surface area contributed by atoms with Crippen molar-refractivity contribution in [2.45, 2.75) is 25.8 Å². The van der Waals surface area contributed by atoms with Crippen LogP contribution in [0.15, 0.2) is 23.0 Å². The summed E-state index contributed by atoms with van der Waals surface area (Å²) in [5.41, 5.74) is 0.530. The van der Waals surface area contributed by atoms with E-state index in [1.165, 1.54) is 0 Å². The molecule has 4 heterocycles. The molecule has 6 nitrogen and oxygen atoms in total. The molecular formula is C19H28N2O4. The maximum atomic E-state index is 12.2. The van der Waals surface area contributed by atoms with E-state index in [9.17, 15) is 9.90 Å². The average Bonchev–Trinajstić information content (AvgIpc) is 3.29. The topological polar surface area (TPSA) is 66.2 Å². The first-order valence-electron chi connectivity index (χ1n) is 9.43. The number of rotatable bonds is 5. The van der Waals surface area contributed by atoms with Crippen LogP contribution in [0.5, 0.6) is 0 Å². The van der Waals surface area contributed by atoms with Gasteiger partial charge in [0.25, 0.3) is 0 Å². The molecule has 1 aromatic heterocycles. The summed E-state index contributed by atoms with van der Waals surface area (Å²) in [7, 11) is 0. The van der Waals surface area contributed by atoms with Gasteiger partial charge in [-0.05, 0) is 37.8 Å². The summed E-state index contributed by atoms with van der Waals surface area (Å²) in [5.74, 6) is 0.195. The van der Waals surface area contributed by atoms with E-state index < -0.39 is 11.4 Å². The Morgan fingerprint density at radius 2 is 2.24 bits per heavy atom. The molecule has 3 aliphatic rings. The second-order valence-corrected chi connectivity index (χ2v) is 8.05. The molecule has 0 radical (unpaired) electrons. The number of carboxylic acids is 1. The molecule has 3 aliphatic heterocycles. The van der Waals surface area contributed by atoms with E-state index in [4.69, 9.17) is 9.15 Å². The number of furan rings is 1. The molecule has 0 saturated carbocycles. The highest BCUT2D eigenvalue weighted by molar-refractivity contribution is 5.76. The van der Waals surface area contributed by atoms with Crippen molar-refractivity contribution in [3.63, 3.8) is 0 Å². The lowest BCUT2D eigenvalue weighted by Gasteiger charge is -2.30. The van der Waals surface area contributed by atoms with E-state index in [2.05, 4.69) is 9.80 Å². The van der Waals surface area contributed by atoms with Gasteiger partial charge in [-0.15, -0.1) is 0 Å². The highest BCUT2D eigenvalue weighted by Gasteiger charge is 2.53. The van der Waals surface area contributed by atoms with Crippen LogP contribution in [-0.4, -0.2) is 66.8 Å². The summed E-state index contributed by atoms with van der Waals surface area (Å²) in [6, 6.07) is 1.97. The Labute approximate surface area is 148 Å². The third-order valence-electron chi connectivity index (χ3n) is 6.29. The Morgan fingerprint density at radius 3 is 2.96 bits per heavy atom. The summed E-state index contributed by atoms with van der Waals surface area (Å²) in [4.78, 5) is 17.0. The molecule has 1 aromatic rings. The van der Waals surface area contributed by atoms with Crippen molar-refractivity contribution in [2.24, 2.45) is 17.3 Å². The van der Waals surface area contributed by atoms with Gasteiger partial charge in [0.1, 0.15) is 0 Å². The Kier molecular flexibility index (Phi) is 4.84. The van der Waals surface area contributed by atoms with Crippen molar-refractivity contribution in [3.05, 3.63) is 24.2 Å². The summed E-state index contributed by atoms with van der Waals surface area (Å²) < 4.78 is 10.7. The first-order chi connectivity index (χ1) is 12.2. The standard InChI is InChI=1S/C19H28N2O4/c22-18(23)19-4-1-5-20(8-15-2-6-24-12-15)10-17(19)11-21(14-19)9-16-3-7-25-13-16/h3,7,13,15,17H,1-2,4-6,8-12,14H2,(H,22,23)/t15?,17-,19-/m0/s1. The van der Waals surface area contributed by atoms with E-state index in [1.807, 2.05) is 6.07 Å². The molecule has 0 bridgehead atoms. The Hall–Kier alpha value is -1.37. The van der Waals surface area contributed by atoms with Gasteiger partial charge >= 0.3 is 5.97 Å². The lowest BCUT2D eigenvalue weighted by atomic mass is 9.75. The smallest absolute Gasteiger partial charge is 0.311 e. The SMILES string of the molecule is O=C(O)[C@]12CCCN(CC3CCOC3)C[C@H]1CN(Cc1ccoc1)C2. The van der Waals surface area contributed by atoms with E-state index >= 15 is 0 Å². The van der Waals surface area contributed by atoms with Gasteiger partial charge < -0.3 is 19.2 Å². The van der Waals surface area contributed by atoms with Gasteiger partial charge in [-0.3, -0.25) is 9.69 Å². The minimum absolute atomic E-state index is 0.196. The van der Waals surface area contributed by atoms with E-state index in [0.717, 1.165) is 70.8 Å². The van der Waals surface area contributed by atoms with Crippen molar-refractivity contribution in [1.29, 1.82) is 0 Å². The number of fused-ring (bicyclic) bond motifs is 1. The Balaban J connectivity index is 1.46. The fourth-order valence-corrected chi connectivity index (χ4v) is 4.98. The molecule has 4 rings (SSSR count). The van der Waals surface area contributed by atoms with Crippen LogP contribution < -0.4 is 0 Å². The molecule has 1 unspecified atom stereocenters. The van der Waals surface area contributed by atoms with Crippen molar-refractivity contribution < 1.29 is 19.1 Å². The zero-order chi connectivity index (χ0) is 17.3. The number of aliphatic carboxylic acids is 1. The van der Waals surface area contributed by atoms with Crippen molar-refractivity contribution >= 4 is 5.97 Å². The first kappa shape index (κ1) is 17.1. The molecule has 3 fully saturated rings. The second-order valence-electron chi connectivity index (χ2n) is 8.05. The average molecular weight is 348 g/mol. The van der Waals surface area contributed by atoms with Gasteiger partial charge in [-0.25, -0.2) is 0 Å². The zero-order valence-corrected chi connectivity index (χ0v) is 14.7. The fourth-order valence-electron chi connectivity index (χ4n) is 4.98. The lowest BCUT2D eigenvalue weighted by Crippen LogP contribution is -2.42. The predicted molar refractivity (Wildman–Crippen MR) is 92.1 cm³/mol. The van der Waals surface area contributed by atoms with Crippen LogP contribution in [0.4, 0.5) is 0 Å². The number of hydrogen-bond donors (Lipinski definition) is 1. The Bertz CT molecular complexity index is 584. The molecule has 0 aliphatic carbocycles.